The van der Waals surface area contributed by atoms with Crippen LogP contribution in [0.15, 0.2) is 35.3 Å². The van der Waals surface area contributed by atoms with Gasteiger partial charge in [-0.3, -0.25) is 29.0 Å². The Kier molecular flexibility index (Phi) is 12.2. The first-order valence-electron chi connectivity index (χ1n) is 12.3. The quantitative estimate of drug-likeness (QED) is 0.0930. The minimum absolute atomic E-state index is 0.110. The molecule has 0 saturated carbocycles. The van der Waals surface area contributed by atoms with E-state index in [1.165, 1.54) is 0 Å². The first-order valence-corrected chi connectivity index (χ1v) is 12.3. The van der Waals surface area contributed by atoms with Crippen molar-refractivity contribution in [1.29, 1.82) is 0 Å². The molecular formula is C24H34N8O7. The second kappa shape index (κ2) is 15.5. The summed E-state index contributed by atoms with van der Waals surface area (Å²) in [5.41, 5.74) is 11.6. The van der Waals surface area contributed by atoms with Crippen molar-refractivity contribution in [2.24, 2.45) is 16.5 Å². The zero-order valence-corrected chi connectivity index (χ0v) is 21.3. The number of guanidine groups is 1. The van der Waals surface area contributed by atoms with Gasteiger partial charge in [0.05, 0.1) is 19.5 Å². The molecule has 0 spiro atoms. The fourth-order valence-corrected chi connectivity index (χ4v) is 3.69. The van der Waals surface area contributed by atoms with Crippen molar-refractivity contribution < 1.29 is 33.9 Å². The maximum atomic E-state index is 13.2. The highest BCUT2D eigenvalue weighted by Gasteiger charge is 2.29. The molecule has 1 aromatic carbocycles. The van der Waals surface area contributed by atoms with E-state index in [9.17, 15) is 33.9 Å². The topological polar surface area (TPSA) is 247 Å². The lowest BCUT2D eigenvalue weighted by atomic mass is 10.0. The van der Waals surface area contributed by atoms with Crippen LogP contribution in [-0.4, -0.2) is 84.3 Å². The van der Waals surface area contributed by atoms with Gasteiger partial charge in [-0.15, -0.1) is 0 Å². The Morgan fingerprint density at radius 2 is 1.49 bits per heavy atom. The number of aliphatic carboxylic acids is 1. The zero-order chi connectivity index (χ0) is 28.8. The number of carboxylic acids is 1. The first kappa shape index (κ1) is 30.5. The highest BCUT2D eigenvalue weighted by molar-refractivity contribution is 5.95. The van der Waals surface area contributed by atoms with E-state index in [0.29, 0.717) is 12.8 Å². The van der Waals surface area contributed by atoms with Crippen LogP contribution in [0.1, 0.15) is 31.2 Å². The number of amides is 5. The monoisotopic (exact) mass is 546 g/mol. The van der Waals surface area contributed by atoms with E-state index in [1.807, 2.05) is 30.3 Å². The molecule has 1 aliphatic rings. The summed E-state index contributed by atoms with van der Waals surface area (Å²) in [4.78, 5) is 78.4. The molecule has 15 nitrogen and oxygen atoms in total. The lowest BCUT2D eigenvalue weighted by molar-refractivity contribution is -0.143. The van der Waals surface area contributed by atoms with Crippen LogP contribution in [0.2, 0.25) is 0 Å². The van der Waals surface area contributed by atoms with E-state index in [2.05, 4.69) is 31.6 Å². The average molecular weight is 547 g/mol. The summed E-state index contributed by atoms with van der Waals surface area (Å²) in [5, 5.41) is 21.3. The van der Waals surface area contributed by atoms with Crippen LogP contribution in [0, 0.1) is 0 Å². The molecule has 1 saturated heterocycles. The summed E-state index contributed by atoms with van der Waals surface area (Å²) in [5.74, 6) is -5.33. The molecule has 0 bridgehead atoms. The van der Waals surface area contributed by atoms with Gasteiger partial charge in [0.1, 0.15) is 18.1 Å². The van der Waals surface area contributed by atoms with Crippen molar-refractivity contribution in [3.63, 3.8) is 0 Å². The van der Waals surface area contributed by atoms with Crippen molar-refractivity contribution in [2.75, 3.05) is 19.6 Å². The predicted octanol–water partition coefficient (Wildman–Crippen LogP) is -3.15. The molecule has 1 fully saturated rings. The Morgan fingerprint density at radius 1 is 0.846 bits per heavy atom. The van der Waals surface area contributed by atoms with Gasteiger partial charge in [-0.1, -0.05) is 30.3 Å². The lowest BCUT2D eigenvalue weighted by Crippen LogP contribution is -2.56. The van der Waals surface area contributed by atoms with Gasteiger partial charge in [0.25, 0.3) is 0 Å². The highest BCUT2D eigenvalue weighted by atomic mass is 16.4. The number of benzene rings is 1. The maximum Gasteiger partial charge on any atom is 0.326 e. The summed E-state index contributed by atoms with van der Waals surface area (Å²) in [6.45, 7) is -0.947. The molecule has 1 aliphatic heterocycles. The van der Waals surface area contributed by atoms with Crippen LogP contribution in [-0.2, 0) is 35.2 Å². The number of carbonyl (C=O) groups is 6. The highest BCUT2D eigenvalue weighted by Crippen LogP contribution is 2.07. The third-order valence-electron chi connectivity index (χ3n) is 5.69. The van der Waals surface area contributed by atoms with Gasteiger partial charge in [-0.25, -0.2) is 4.79 Å². The number of carboxylic acid groups (broad SMARTS) is 1. The number of nitrogens with two attached hydrogens (primary N) is 2. The number of nitrogens with one attached hydrogen (secondary N) is 5. The second-order valence-corrected chi connectivity index (χ2v) is 8.81. The summed E-state index contributed by atoms with van der Waals surface area (Å²) >= 11 is 0. The molecule has 1 aromatic rings. The van der Waals surface area contributed by atoms with Gasteiger partial charge in [-0.05, 0) is 31.2 Å². The minimum Gasteiger partial charge on any atom is -0.480 e. The van der Waals surface area contributed by atoms with E-state index < -0.39 is 73.1 Å². The average Bonchev–Trinajstić information content (AvgIpc) is 2.89. The van der Waals surface area contributed by atoms with Crippen LogP contribution in [0.25, 0.3) is 0 Å². The fraction of sp³-hybridized carbons (Fsp3) is 0.458. The minimum atomic E-state index is -1.58. The van der Waals surface area contributed by atoms with E-state index in [0.717, 1.165) is 5.56 Å². The standard InChI is InChI=1S/C24H34N8O7/c25-24(26)27-10-4-7-15-22(37)32-16(9-8-14-5-2-1-3-6-14)21(36)29-13-20(35)31-17(23(38)39)11-18(33)28-12-19(34)30-15/h1-3,5-6,15-17H,4,7-13H2,(H,28,33)(H,29,36)(H,30,34)(H,31,35)(H,32,37)(H,38,39)(H4,25,26,27)/t15-,16+,17-/m0/s1. The molecule has 0 unspecified atom stereocenters. The molecule has 3 atom stereocenters. The fourth-order valence-electron chi connectivity index (χ4n) is 3.69. The molecular weight excluding hydrogens is 512 g/mol. The Balaban J connectivity index is 2.26. The number of aryl methyl sites for hydroxylation is 1. The van der Waals surface area contributed by atoms with Crippen LogP contribution in [0.3, 0.4) is 0 Å². The van der Waals surface area contributed by atoms with Crippen molar-refractivity contribution in [3.8, 4) is 0 Å². The van der Waals surface area contributed by atoms with Gasteiger partial charge in [0, 0.05) is 6.54 Å². The number of carbonyl (C=O) groups excluding carboxylic acids is 5. The number of hydrogen-bond donors (Lipinski definition) is 8. The number of hydrogen-bond acceptors (Lipinski definition) is 7. The first-order chi connectivity index (χ1) is 18.5. The predicted molar refractivity (Wildman–Crippen MR) is 139 cm³/mol. The second-order valence-electron chi connectivity index (χ2n) is 8.81. The van der Waals surface area contributed by atoms with Crippen LogP contribution < -0.4 is 38.1 Å². The third-order valence-corrected chi connectivity index (χ3v) is 5.69. The van der Waals surface area contributed by atoms with Crippen molar-refractivity contribution in [3.05, 3.63) is 35.9 Å². The molecule has 0 radical (unpaired) electrons. The Labute approximate surface area is 224 Å². The summed E-state index contributed by atoms with van der Waals surface area (Å²) < 4.78 is 0. The molecule has 1 heterocycles. The number of rotatable bonds is 8. The molecule has 0 aliphatic carbocycles. The van der Waals surface area contributed by atoms with Crippen molar-refractivity contribution in [2.45, 2.75) is 50.2 Å². The molecule has 10 N–H and O–H groups in total. The SMILES string of the molecule is NC(N)=NCCC[C@@H]1NC(=O)CNC(=O)C[C@@H](C(=O)O)NC(=O)CNC(=O)[C@@H](CCc2ccccc2)NC1=O. The molecule has 0 aromatic heterocycles. The summed E-state index contributed by atoms with van der Waals surface area (Å²) in [6.07, 6.45) is 0.360. The van der Waals surface area contributed by atoms with Gasteiger partial charge in [0.15, 0.2) is 5.96 Å². The Hall–Kier alpha value is -4.69. The normalized spacial score (nSPS) is 21.4. The molecule has 39 heavy (non-hydrogen) atoms. The van der Waals surface area contributed by atoms with E-state index in [-0.39, 0.29) is 25.3 Å². The van der Waals surface area contributed by atoms with Gasteiger partial charge in [-0.2, -0.15) is 0 Å². The van der Waals surface area contributed by atoms with Gasteiger partial charge >= 0.3 is 5.97 Å². The largest absolute Gasteiger partial charge is 0.480 e. The van der Waals surface area contributed by atoms with E-state index >= 15 is 0 Å². The zero-order valence-electron chi connectivity index (χ0n) is 21.3. The molecule has 5 amide bonds. The van der Waals surface area contributed by atoms with Crippen LogP contribution >= 0.6 is 0 Å². The van der Waals surface area contributed by atoms with Gasteiger partial charge < -0.3 is 43.2 Å². The molecule has 2 rings (SSSR count). The number of nitrogens with zero attached hydrogens (tertiary/aromatic N) is 1. The van der Waals surface area contributed by atoms with Gasteiger partial charge in [0.2, 0.25) is 29.5 Å². The van der Waals surface area contributed by atoms with Crippen LogP contribution in [0.5, 0.6) is 0 Å². The lowest BCUT2D eigenvalue weighted by Gasteiger charge is -2.24. The molecule has 15 heteroatoms. The summed E-state index contributed by atoms with van der Waals surface area (Å²) in [6, 6.07) is 5.46. The Morgan fingerprint density at radius 3 is 2.15 bits per heavy atom. The van der Waals surface area contributed by atoms with Crippen LogP contribution in [0.4, 0.5) is 0 Å². The smallest absolute Gasteiger partial charge is 0.326 e. The number of aliphatic imine (C=N–C) groups is 1. The van der Waals surface area contributed by atoms with Crippen molar-refractivity contribution >= 4 is 41.5 Å². The summed E-state index contributed by atoms with van der Waals surface area (Å²) in [7, 11) is 0. The maximum absolute atomic E-state index is 13.2. The molecule has 212 valence electrons. The Bertz CT molecular complexity index is 1080. The third kappa shape index (κ3) is 11.5. The van der Waals surface area contributed by atoms with E-state index in [1.54, 1.807) is 0 Å². The van der Waals surface area contributed by atoms with E-state index in [4.69, 9.17) is 11.5 Å². The van der Waals surface area contributed by atoms with Crippen molar-refractivity contribution in [1.82, 2.24) is 26.6 Å².